The maximum Gasteiger partial charge on any atom is 0.317 e. The van der Waals surface area contributed by atoms with Crippen molar-refractivity contribution in [2.45, 2.75) is 25.4 Å². The molecule has 1 aliphatic heterocycles. The van der Waals surface area contributed by atoms with Gasteiger partial charge in [-0.1, -0.05) is 30.3 Å². The highest BCUT2D eigenvalue weighted by molar-refractivity contribution is 5.94. The van der Waals surface area contributed by atoms with E-state index in [0.717, 1.165) is 18.4 Å². The van der Waals surface area contributed by atoms with Gasteiger partial charge in [0.1, 0.15) is 0 Å². The Hall–Kier alpha value is -2.89. The summed E-state index contributed by atoms with van der Waals surface area (Å²) in [6, 6.07) is 13.4. The summed E-state index contributed by atoms with van der Waals surface area (Å²) in [4.78, 5) is 30.1. The molecule has 1 fully saturated rings. The largest absolute Gasteiger partial charge is 0.349 e. The second-order valence-electron chi connectivity index (χ2n) is 6.12. The van der Waals surface area contributed by atoms with E-state index >= 15 is 0 Å². The smallest absolute Gasteiger partial charge is 0.317 e. The van der Waals surface area contributed by atoms with Gasteiger partial charge in [-0.25, -0.2) is 4.79 Å². The van der Waals surface area contributed by atoms with Gasteiger partial charge in [0.25, 0.3) is 5.91 Å². The zero-order valence-electron chi connectivity index (χ0n) is 14.0. The van der Waals surface area contributed by atoms with Gasteiger partial charge in [0.2, 0.25) is 0 Å². The number of nitrogens with one attached hydrogen (secondary N) is 2. The number of amides is 3. The molecule has 3 amide bonds. The van der Waals surface area contributed by atoms with Crippen molar-refractivity contribution < 1.29 is 9.59 Å². The van der Waals surface area contributed by atoms with E-state index in [1.165, 1.54) is 0 Å². The Bertz CT molecular complexity index is 698. The zero-order valence-corrected chi connectivity index (χ0v) is 14.0. The minimum Gasteiger partial charge on any atom is -0.349 e. The first-order chi connectivity index (χ1) is 12.2. The van der Waals surface area contributed by atoms with Crippen molar-refractivity contribution in [3.63, 3.8) is 0 Å². The molecule has 0 spiro atoms. The lowest BCUT2D eigenvalue weighted by Crippen LogP contribution is -2.49. The number of pyridine rings is 1. The van der Waals surface area contributed by atoms with E-state index in [1.54, 1.807) is 29.4 Å². The van der Waals surface area contributed by atoms with Crippen molar-refractivity contribution in [3.8, 4) is 0 Å². The Labute approximate surface area is 147 Å². The number of carbonyl (C=O) groups is 2. The van der Waals surface area contributed by atoms with E-state index in [4.69, 9.17) is 0 Å². The number of piperidine rings is 1. The molecule has 0 bridgehead atoms. The van der Waals surface area contributed by atoms with Crippen LogP contribution < -0.4 is 10.6 Å². The lowest BCUT2D eigenvalue weighted by Gasteiger charge is -2.32. The fraction of sp³-hybridized carbons (Fsp3) is 0.316. The monoisotopic (exact) mass is 338 g/mol. The van der Waals surface area contributed by atoms with Crippen LogP contribution in [-0.2, 0) is 6.54 Å². The maximum atomic E-state index is 12.2. The fourth-order valence-corrected chi connectivity index (χ4v) is 2.88. The van der Waals surface area contributed by atoms with Crippen LogP contribution >= 0.6 is 0 Å². The molecule has 0 radical (unpaired) electrons. The van der Waals surface area contributed by atoms with Crippen molar-refractivity contribution in [2.75, 3.05) is 13.1 Å². The Morgan fingerprint density at radius 3 is 2.52 bits per heavy atom. The maximum absolute atomic E-state index is 12.2. The lowest BCUT2D eigenvalue weighted by molar-refractivity contribution is 0.0917. The third-order valence-corrected chi connectivity index (χ3v) is 4.33. The van der Waals surface area contributed by atoms with Crippen LogP contribution in [0.1, 0.15) is 28.8 Å². The number of likely N-dealkylation sites (tertiary alicyclic amines) is 1. The minimum absolute atomic E-state index is 0.0547. The van der Waals surface area contributed by atoms with E-state index in [-0.39, 0.29) is 18.0 Å². The van der Waals surface area contributed by atoms with Crippen LogP contribution in [0.25, 0.3) is 0 Å². The molecule has 6 heteroatoms. The van der Waals surface area contributed by atoms with Gasteiger partial charge in [0, 0.05) is 38.1 Å². The summed E-state index contributed by atoms with van der Waals surface area (Å²) in [6.45, 7) is 1.80. The first kappa shape index (κ1) is 17.0. The van der Waals surface area contributed by atoms with Crippen molar-refractivity contribution in [1.82, 2.24) is 20.5 Å². The van der Waals surface area contributed by atoms with E-state index in [2.05, 4.69) is 15.6 Å². The normalized spacial score (nSPS) is 14.8. The van der Waals surface area contributed by atoms with Crippen LogP contribution in [0.4, 0.5) is 4.79 Å². The standard InChI is InChI=1S/C19H22N4O2/c24-18(16-7-4-10-20-14-16)22-17-8-11-23(12-9-17)19(25)21-13-15-5-2-1-3-6-15/h1-7,10,14,17H,8-9,11-13H2,(H,21,25)(H,22,24). The molecule has 1 aliphatic rings. The first-order valence-electron chi connectivity index (χ1n) is 8.50. The Kier molecular flexibility index (Phi) is 5.61. The van der Waals surface area contributed by atoms with E-state index < -0.39 is 0 Å². The zero-order chi connectivity index (χ0) is 17.5. The van der Waals surface area contributed by atoms with Crippen LogP contribution in [0, 0.1) is 0 Å². The molecule has 25 heavy (non-hydrogen) atoms. The van der Waals surface area contributed by atoms with E-state index in [9.17, 15) is 9.59 Å². The predicted molar refractivity (Wildman–Crippen MR) is 95.0 cm³/mol. The molecule has 3 rings (SSSR count). The number of hydrogen-bond acceptors (Lipinski definition) is 3. The van der Waals surface area contributed by atoms with Gasteiger partial charge in [-0.15, -0.1) is 0 Å². The van der Waals surface area contributed by atoms with Gasteiger partial charge in [-0.3, -0.25) is 9.78 Å². The van der Waals surface area contributed by atoms with Crippen LogP contribution in [0.3, 0.4) is 0 Å². The molecule has 1 saturated heterocycles. The number of urea groups is 1. The number of rotatable bonds is 4. The van der Waals surface area contributed by atoms with Crippen molar-refractivity contribution in [2.24, 2.45) is 0 Å². The van der Waals surface area contributed by atoms with Gasteiger partial charge in [0.05, 0.1) is 5.56 Å². The second kappa shape index (κ2) is 8.28. The summed E-state index contributed by atoms with van der Waals surface area (Å²) < 4.78 is 0. The fourth-order valence-electron chi connectivity index (χ4n) is 2.88. The third kappa shape index (κ3) is 4.79. The third-order valence-electron chi connectivity index (χ3n) is 4.33. The molecule has 6 nitrogen and oxygen atoms in total. The molecule has 2 aromatic rings. The molecule has 130 valence electrons. The highest BCUT2D eigenvalue weighted by Crippen LogP contribution is 2.11. The van der Waals surface area contributed by atoms with Crippen LogP contribution in [-0.4, -0.2) is 41.0 Å². The molecule has 1 aromatic carbocycles. The van der Waals surface area contributed by atoms with Crippen molar-refractivity contribution in [3.05, 3.63) is 66.0 Å². The quantitative estimate of drug-likeness (QED) is 0.897. The second-order valence-corrected chi connectivity index (χ2v) is 6.12. The summed E-state index contributed by atoms with van der Waals surface area (Å²) in [7, 11) is 0. The molecule has 0 unspecified atom stereocenters. The van der Waals surface area contributed by atoms with Crippen molar-refractivity contribution >= 4 is 11.9 Å². The molecular weight excluding hydrogens is 316 g/mol. The van der Waals surface area contributed by atoms with Crippen LogP contribution in [0.2, 0.25) is 0 Å². The number of hydrogen-bond donors (Lipinski definition) is 2. The summed E-state index contributed by atoms with van der Waals surface area (Å²) in [5.74, 6) is -0.111. The van der Waals surface area contributed by atoms with Crippen molar-refractivity contribution in [1.29, 1.82) is 0 Å². The van der Waals surface area contributed by atoms with Crippen LogP contribution in [0.5, 0.6) is 0 Å². The molecular formula is C19H22N4O2. The number of nitrogens with zero attached hydrogens (tertiary/aromatic N) is 2. The molecule has 0 saturated carbocycles. The molecule has 0 aliphatic carbocycles. The Balaban J connectivity index is 1.42. The predicted octanol–water partition coefficient (Wildman–Crippen LogP) is 2.19. The van der Waals surface area contributed by atoms with E-state index in [1.807, 2.05) is 30.3 Å². The van der Waals surface area contributed by atoms with Gasteiger partial charge in [-0.05, 0) is 30.5 Å². The first-order valence-corrected chi connectivity index (χ1v) is 8.50. The molecule has 1 aromatic heterocycles. The average molecular weight is 338 g/mol. The lowest BCUT2D eigenvalue weighted by atomic mass is 10.0. The van der Waals surface area contributed by atoms with Gasteiger partial charge >= 0.3 is 6.03 Å². The molecule has 2 heterocycles. The highest BCUT2D eigenvalue weighted by Gasteiger charge is 2.24. The summed E-state index contributed by atoms with van der Waals surface area (Å²) >= 11 is 0. The minimum atomic E-state index is -0.111. The summed E-state index contributed by atoms with van der Waals surface area (Å²) in [6.07, 6.45) is 4.71. The van der Waals surface area contributed by atoms with Gasteiger partial charge in [-0.2, -0.15) is 0 Å². The van der Waals surface area contributed by atoms with Gasteiger partial charge < -0.3 is 15.5 Å². The Morgan fingerprint density at radius 2 is 1.84 bits per heavy atom. The molecule has 0 atom stereocenters. The number of carbonyl (C=O) groups excluding carboxylic acids is 2. The number of aromatic nitrogens is 1. The Morgan fingerprint density at radius 1 is 1.08 bits per heavy atom. The SMILES string of the molecule is O=C(NC1CCN(C(=O)NCc2ccccc2)CC1)c1cccnc1. The highest BCUT2D eigenvalue weighted by atomic mass is 16.2. The number of benzene rings is 1. The van der Waals surface area contributed by atoms with Crippen LogP contribution in [0.15, 0.2) is 54.9 Å². The summed E-state index contributed by atoms with van der Waals surface area (Å²) in [5.41, 5.74) is 1.64. The average Bonchev–Trinajstić information content (AvgIpc) is 2.68. The van der Waals surface area contributed by atoms with E-state index in [0.29, 0.717) is 25.2 Å². The van der Waals surface area contributed by atoms with Gasteiger partial charge in [0.15, 0.2) is 0 Å². The summed E-state index contributed by atoms with van der Waals surface area (Å²) in [5, 5.41) is 5.96. The molecule has 2 N–H and O–H groups in total. The topological polar surface area (TPSA) is 74.3 Å².